The fourth-order valence-electron chi connectivity index (χ4n) is 2.66. The molecule has 0 aromatic carbocycles. The number of nitrogens with zero attached hydrogens (tertiary/aromatic N) is 3. The zero-order chi connectivity index (χ0) is 16.8. The Hall–Kier alpha value is -2.25. The van der Waals surface area contributed by atoms with Gasteiger partial charge in [-0.05, 0) is 23.6 Å². The lowest BCUT2D eigenvalue weighted by Crippen LogP contribution is -2.50. The van der Waals surface area contributed by atoms with Crippen LogP contribution in [0.3, 0.4) is 0 Å². The summed E-state index contributed by atoms with van der Waals surface area (Å²) in [5.74, 6) is -0.0405. The van der Waals surface area contributed by atoms with Crippen molar-refractivity contribution in [2.75, 3.05) is 39.3 Å². The van der Waals surface area contributed by atoms with E-state index >= 15 is 0 Å². The molecule has 1 aliphatic rings. The summed E-state index contributed by atoms with van der Waals surface area (Å²) in [6, 6.07) is 7.15. The van der Waals surface area contributed by atoms with E-state index < -0.39 is 0 Å². The number of amides is 2. The van der Waals surface area contributed by atoms with E-state index in [-0.39, 0.29) is 11.8 Å². The van der Waals surface area contributed by atoms with Gasteiger partial charge in [0.1, 0.15) is 5.69 Å². The number of piperazine rings is 1. The molecule has 126 valence electrons. The smallest absolute Gasteiger partial charge is 0.269 e. The maximum absolute atomic E-state index is 12.3. The largest absolute Gasteiger partial charge is 0.349 e. The molecule has 2 amide bonds. The monoisotopic (exact) mass is 344 g/mol. The lowest BCUT2D eigenvalue weighted by Gasteiger charge is -2.34. The Balaban J connectivity index is 1.38. The molecule has 0 bridgehead atoms. The van der Waals surface area contributed by atoms with Crippen molar-refractivity contribution in [1.82, 2.24) is 20.1 Å². The SMILES string of the molecule is O=C(NCCN1CCN(C(=O)c2ccsc2)CC1)c1ccccn1. The van der Waals surface area contributed by atoms with Crippen molar-refractivity contribution in [1.29, 1.82) is 0 Å². The molecule has 0 aliphatic carbocycles. The second-order valence-electron chi connectivity index (χ2n) is 5.62. The van der Waals surface area contributed by atoms with Gasteiger partial charge in [-0.15, -0.1) is 0 Å². The molecule has 0 spiro atoms. The number of hydrogen-bond acceptors (Lipinski definition) is 5. The quantitative estimate of drug-likeness (QED) is 0.889. The molecule has 0 unspecified atom stereocenters. The highest BCUT2D eigenvalue weighted by Crippen LogP contribution is 2.11. The van der Waals surface area contributed by atoms with Gasteiger partial charge in [0.2, 0.25) is 0 Å². The van der Waals surface area contributed by atoms with Crippen LogP contribution in [0.2, 0.25) is 0 Å². The molecule has 2 aromatic rings. The number of pyridine rings is 1. The Bertz CT molecular complexity index is 667. The number of aromatic nitrogens is 1. The van der Waals surface area contributed by atoms with Crippen LogP contribution < -0.4 is 5.32 Å². The van der Waals surface area contributed by atoms with E-state index in [1.54, 1.807) is 35.7 Å². The average Bonchev–Trinajstić information content (AvgIpc) is 3.17. The van der Waals surface area contributed by atoms with Crippen molar-refractivity contribution in [3.63, 3.8) is 0 Å². The fraction of sp³-hybridized carbons (Fsp3) is 0.353. The van der Waals surface area contributed by atoms with Gasteiger partial charge < -0.3 is 10.2 Å². The Morgan fingerprint density at radius 2 is 2.00 bits per heavy atom. The minimum atomic E-state index is -0.151. The highest BCUT2D eigenvalue weighted by Gasteiger charge is 2.22. The summed E-state index contributed by atoms with van der Waals surface area (Å²) in [4.78, 5) is 32.4. The molecule has 0 atom stereocenters. The lowest BCUT2D eigenvalue weighted by molar-refractivity contribution is 0.0638. The second kappa shape index (κ2) is 8.03. The van der Waals surface area contributed by atoms with Crippen molar-refractivity contribution in [3.8, 4) is 0 Å². The van der Waals surface area contributed by atoms with Gasteiger partial charge in [-0.1, -0.05) is 6.07 Å². The van der Waals surface area contributed by atoms with Gasteiger partial charge in [-0.2, -0.15) is 11.3 Å². The van der Waals surface area contributed by atoms with E-state index in [9.17, 15) is 9.59 Å². The predicted molar refractivity (Wildman–Crippen MR) is 93.2 cm³/mol. The normalized spacial score (nSPS) is 15.2. The molecular weight excluding hydrogens is 324 g/mol. The molecule has 3 rings (SSSR count). The average molecular weight is 344 g/mol. The molecule has 2 aromatic heterocycles. The van der Waals surface area contributed by atoms with Crippen molar-refractivity contribution in [3.05, 3.63) is 52.5 Å². The number of carbonyl (C=O) groups is 2. The lowest BCUT2D eigenvalue weighted by atomic mass is 10.2. The maximum Gasteiger partial charge on any atom is 0.269 e. The maximum atomic E-state index is 12.3. The standard InChI is InChI=1S/C17H20N4O2S/c22-16(15-3-1-2-5-18-15)19-6-7-20-8-10-21(11-9-20)17(23)14-4-12-24-13-14/h1-5,12-13H,6-11H2,(H,19,22). The zero-order valence-electron chi connectivity index (χ0n) is 13.4. The number of rotatable bonds is 5. The minimum Gasteiger partial charge on any atom is -0.349 e. The van der Waals surface area contributed by atoms with Crippen LogP contribution in [0, 0.1) is 0 Å². The molecule has 24 heavy (non-hydrogen) atoms. The van der Waals surface area contributed by atoms with Crippen LogP contribution in [0.1, 0.15) is 20.8 Å². The Labute approximate surface area is 145 Å². The molecule has 1 saturated heterocycles. The van der Waals surface area contributed by atoms with Gasteiger partial charge in [0, 0.05) is 50.8 Å². The summed E-state index contributed by atoms with van der Waals surface area (Å²) in [5, 5.41) is 6.70. The molecule has 0 radical (unpaired) electrons. The number of hydrogen-bond donors (Lipinski definition) is 1. The zero-order valence-corrected chi connectivity index (χ0v) is 14.2. The van der Waals surface area contributed by atoms with Gasteiger partial charge in [0.15, 0.2) is 0 Å². The highest BCUT2D eigenvalue weighted by molar-refractivity contribution is 7.08. The van der Waals surface area contributed by atoms with Crippen LogP contribution >= 0.6 is 11.3 Å². The molecule has 7 heteroatoms. The molecule has 0 saturated carbocycles. The van der Waals surface area contributed by atoms with E-state index in [1.807, 2.05) is 21.7 Å². The van der Waals surface area contributed by atoms with Crippen LogP contribution in [0.4, 0.5) is 0 Å². The molecule has 6 nitrogen and oxygen atoms in total. The summed E-state index contributed by atoms with van der Waals surface area (Å²) in [6.45, 7) is 4.46. The van der Waals surface area contributed by atoms with Crippen molar-refractivity contribution in [2.45, 2.75) is 0 Å². The third-order valence-corrected chi connectivity index (χ3v) is 4.72. The van der Waals surface area contributed by atoms with Crippen LogP contribution in [0.5, 0.6) is 0 Å². The van der Waals surface area contributed by atoms with Gasteiger partial charge in [0.25, 0.3) is 11.8 Å². The van der Waals surface area contributed by atoms with Crippen molar-refractivity contribution >= 4 is 23.2 Å². The molecular formula is C17H20N4O2S. The van der Waals surface area contributed by atoms with E-state index in [2.05, 4.69) is 15.2 Å². The Morgan fingerprint density at radius 1 is 1.17 bits per heavy atom. The van der Waals surface area contributed by atoms with Gasteiger partial charge in [-0.3, -0.25) is 19.5 Å². The third-order valence-electron chi connectivity index (χ3n) is 4.04. The van der Waals surface area contributed by atoms with E-state index in [0.29, 0.717) is 12.2 Å². The highest BCUT2D eigenvalue weighted by atomic mass is 32.1. The fourth-order valence-corrected chi connectivity index (χ4v) is 3.29. The first-order valence-electron chi connectivity index (χ1n) is 7.97. The topological polar surface area (TPSA) is 65.5 Å². The Morgan fingerprint density at radius 3 is 2.67 bits per heavy atom. The first-order chi connectivity index (χ1) is 11.7. The van der Waals surface area contributed by atoms with Crippen LogP contribution in [-0.4, -0.2) is 65.9 Å². The van der Waals surface area contributed by atoms with Crippen LogP contribution in [-0.2, 0) is 0 Å². The summed E-state index contributed by atoms with van der Waals surface area (Å²) < 4.78 is 0. The molecule has 1 aliphatic heterocycles. The van der Waals surface area contributed by atoms with Gasteiger partial charge in [-0.25, -0.2) is 0 Å². The number of thiophene rings is 1. The van der Waals surface area contributed by atoms with Gasteiger partial charge in [0.05, 0.1) is 5.56 Å². The summed E-state index contributed by atoms with van der Waals surface area (Å²) in [6.07, 6.45) is 1.61. The summed E-state index contributed by atoms with van der Waals surface area (Å²) >= 11 is 1.54. The first kappa shape index (κ1) is 16.6. The van der Waals surface area contributed by atoms with Crippen molar-refractivity contribution < 1.29 is 9.59 Å². The van der Waals surface area contributed by atoms with E-state index in [4.69, 9.17) is 0 Å². The molecule has 1 fully saturated rings. The van der Waals surface area contributed by atoms with Gasteiger partial charge >= 0.3 is 0 Å². The molecule has 3 heterocycles. The number of carbonyl (C=O) groups excluding carboxylic acids is 2. The summed E-state index contributed by atoms with van der Waals surface area (Å²) in [5.41, 5.74) is 1.21. The van der Waals surface area contributed by atoms with E-state index in [1.165, 1.54) is 0 Å². The summed E-state index contributed by atoms with van der Waals surface area (Å²) in [7, 11) is 0. The van der Waals surface area contributed by atoms with E-state index in [0.717, 1.165) is 38.3 Å². The van der Waals surface area contributed by atoms with Crippen LogP contribution in [0.25, 0.3) is 0 Å². The number of nitrogens with one attached hydrogen (secondary N) is 1. The molecule has 1 N–H and O–H groups in total. The third kappa shape index (κ3) is 4.18. The van der Waals surface area contributed by atoms with Crippen molar-refractivity contribution in [2.24, 2.45) is 0 Å². The Kier molecular flexibility index (Phi) is 5.55. The first-order valence-corrected chi connectivity index (χ1v) is 8.91. The predicted octanol–water partition coefficient (Wildman–Crippen LogP) is 1.33. The second-order valence-corrected chi connectivity index (χ2v) is 6.40. The minimum absolute atomic E-state index is 0.111. The van der Waals surface area contributed by atoms with Crippen LogP contribution in [0.15, 0.2) is 41.2 Å².